The fraction of sp³-hybridized carbons (Fsp3) is 0.788. The van der Waals surface area contributed by atoms with Crippen molar-refractivity contribution in [1.82, 2.24) is 4.72 Å². The lowest BCUT2D eigenvalue weighted by atomic mass is 9.41. The van der Waals surface area contributed by atoms with Crippen LogP contribution in [0.15, 0.2) is 29.2 Å². The number of hydrogen-bond donors (Lipinski definition) is 3. The Morgan fingerprint density at radius 2 is 1.75 bits per heavy atom. The van der Waals surface area contributed by atoms with E-state index in [9.17, 15) is 36.6 Å². The average Bonchev–Trinajstić information content (AvgIpc) is 3.30. The number of nitrogens with one attached hydrogen (secondary N) is 1. The molecule has 0 radical (unpaired) electrons. The minimum Gasteiger partial charge on any atom is -0.449 e. The van der Waals surface area contributed by atoms with Crippen molar-refractivity contribution in [3.05, 3.63) is 29.8 Å². The van der Waals surface area contributed by atoms with Crippen molar-refractivity contribution in [1.29, 1.82) is 0 Å². The van der Waals surface area contributed by atoms with Gasteiger partial charge >= 0.3 is 12.3 Å². The maximum absolute atomic E-state index is 13.0. The predicted molar refractivity (Wildman–Crippen MR) is 159 cm³/mol. The summed E-state index contributed by atoms with van der Waals surface area (Å²) in [6, 6.07) is 3.20. The normalized spacial score (nSPS) is 39.5. The van der Waals surface area contributed by atoms with E-state index in [1.165, 1.54) is 0 Å². The fourth-order valence-electron chi connectivity index (χ4n) is 10.5. The summed E-state index contributed by atoms with van der Waals surface area (Å²) in [6.45, 7) is 9.07. The van der Waals surface area contributed by atoms with Gasteiger partial charge in [-0.05, 0) is 122 Å². The molecule has 0 heterocycles. The Bertz CT molecular complexity index is 1320. The standard InChI is InChI=1S/C33H48F3NO6S/c1-5-23-27-18-21(38)11-14-32(27,4)26-12-15-31(3)24(9-10-25(31)28(26)29(23)39)19(2)13-16-43-30(40)37-44(41,42)22-8-6-7-20(17-22)33(34,35)36/h6-8,17,19,21,23-29,38-39H,5,9-16,18H2,1-4H3,(H,37,40)/t19-,21-,23-,24-,25+,26+,27+,28+,29-,31-,32-/m1/s1. The smallest absolute Gasteiger partial charge is 0.421 e. The van der Waals surface area contributed by atoms with Gasteiger partial charge in [-0.1, -0.05) is 40.2 Å². The van der Waals surface area contributed by atoms with Crippen LogP contribution in [0.3, 0.4) is 0 Å². The topological polar surface area (TPSA) is 113 Å². The van der Waals surface area contributed by atoms with Crippen LogP contribution < -0.4 is 4.72 Å². The van der Waals surface area contributed by atoms with E-state index in [4.69, 9.17) is 4.74 Å². The van der Waals surface area contributed by atoms with Gasteiger partial charge in [0.15, 0.2) is 0 Å². The molecule has 4 saturated carbocycles. The summed E-state index contributed by atoms with van der Waals surface area (Å²) in [5.74, 6) is 2.14. The Balaban J connectivity index is 1.21. The minimum absolute atomic E-state index is 0.0168. The van der Waals surface area contributed by atoms with E-state index in [0.29, 0.717) is 36.2 Å². The van der Waals surface area contributed by atoms with E-state index < -0.39 is 32.8 Å². The van der Waals surface area contributed by atoms with Crippen molar-refractivity contribution in [3.63, 3.8) is 0 Å². The molecule has 0 aromatic heterocycles. The monoisotopic (exact) mass is 643 g/mol. The van der Waals surface area contributed by atoms with Crippen molar-refractivity contribution in [3.8, 4) is 0 Å². The van der Waals surface area contributed by atoms with E-state index >= 15 is 0 Å². The number of amides is 1. The highest BCUT2D eigenvalue weighted by Gasteiger charge is 2.64. The van der Waals surface area contributed by atoms with E-state index in [1.54, 1.807) is 4.72 Å². The number of aliphatic hydroxyl groups excluding tert-OH is 2. The summed E-state index contributed by atoms with van der Waals surface area (Å²) >= 11 is 0. The Morgan fingerprint density at radius 1 is 1.07 bits per heavy atom. The molecule has 1 aromatic rings. The van der Waals surface area contributed by atoms with Crippen LogP contribution in [0.4, 0.5) is 18.0 Å². The number of aliphatic hydroxyl groups is 2. The molecule has 0 unspecified atom stereocenters. The highest BCUT2D eigenvalue weighted by atomic mass is 32.2. The zero-order valence-electron chi connectivity index (χ0n) is 26.1. The molecule has 7 nitrogen and oxygen atoms in total. The molecule has 5 rings (SSSR count). The first-order valence-electron chi connectivity index (χ1n) is 16.3. The number of rotatable bonds is 7. The SMILES string of the molecule is CC[C@H]1[C@@H](O)[C@@H]2[C@H](CC[C@]3(C)[C@@H]([C@H](C)CCOC(=O)NS(=O)(=O)c4cccc(C(F)(F)F)c4)CC[C@@H]23)[C@@]2(C)CC[C@@H](O)C[C@@H]12. The summed E-state index contributed by atoms with van der Waals surface area (Å²) in [6.07, 6.45) is 1.65. The number of sulfonamides is 1. The molecule has 4 fully saturated rings. The summed E-state index contributed by atoms with van der Waals surface area (Å²) in [4.78, 5) is 11.7. The molecule has 1 amide bonds. The zero-order valence-corrected chi connectivity index (χ0v) is 27.0. The number of benzene rings is 1. The highest BCUT2D eigenvalue weighted by molar-refractivity contribution is 7.90. The molecule has 44 heavy (non-hydrogen) atoms. The summed E-state index contributed by atoms with van der Waals surface area (Å²) < 4.78 is 71.0. The van der Waals surface area contributed by atoms with Crippen LogP contribution in [0.2, 0.25) is 0 Å². The van der Waals surface area contributed by atoms with Gasteiger partial charge in [0.2, 0.25) is 0 Å². The van der Waals surface area contributed by atoms with E-state index in [1.807, 2.05) is 0 Å². The first-order chi connectivity index (χ1) is 20.5. The summed E-state index contributed by atoms with van der Waals surface area (Å²) in [5.41, 5.74) is -0.964. The molecule has 11 heteroatoms. The van der Waals surface area contributed by atoms with Crippen LogP contribution in [0.1, 0.15) is 91.0 Å². The maximum Gasteiger partial charge on any atom is 0.421 e. The zero-order chi connectivity index (χ0) is 32.2. The number of halogens is 3. The average molecular weight is 644 g/mol. The lowest BCUT2D eigenvalue weighted by Crippen LogP contribution is -2.62. The van der Waals surface area contributed by atoms with Gasteiger partial charge < -0.3 is 14.9 Å². The second kappa shape index (κ2) is 12.1. The van der Waals surface area contributed by atoms with Gasteiger partial charge in [-0.25, -0.2) is 17.9 Å². The highest BCUT2D eigenvalue weighted by Crippen LogP contribution is 2.69. The Hall–Kier alpha value is -1.85. The fourth-order valence-corrected chi connectivity index (χ4v) is 11.4. The molecule has 11 atom stereocenters. The van der Waals surface area contributed by atoms with Gasteiger partial charge in [0, 0.05) is 0 Å². The third-order valence-electron chi connectivity index (χ3n) is 12.6. The number of fused-ring (bicyclic) bond motifs is 5. The van der Waals surface area contributed by atoms with Crippen molar-refractivity contribution >= 4 is 16.1 Å². The van der Waals surface area contributed by atoms with Gasteiger partial charge in [0.25, 0.3) is 10.0 Å². The van der Waals surface area contributed by atoms with Crippen molar-refractivity contribution in [2.45, 2.75) is 109 Å². The van der Waals surface area contributed by atoms with Crippen LogP contribution in [-0.4, -0.2) is 43.5 Å². The van der Waals surface area contributed by atoms with Crippen LogP contribution >= 0.6 is 0 Å². The van der Waals surface area contributed by atoms with E-state index in [0.717, 1.165) is 69.6 Å². The Labute approximate surface area is 259 Å². The van der Waals surface area contributed by atoms with E-state index in [2.05, 4.69) is 27.7 Å². The summed E-state index contributed by atoms with van der Waals surface area (Å²) in [5, 5.41) is 22.4. The lowest BCUT2D eigenvalue weighted by molar-refractivity contribution is -0.203. The number of carbonyl (C=O) groups excluding carboxylic acids is 1. The third kappa shape index (κ3) is 5.90. The minimum atomic E-state index is -4.72. The first kappa shape index (κ1) is 33.5. The number of ether oxygens (including phenoxy) is 1. The predicted octanol–water partition coefficient (Wildman–Crippen LogP) is 6.77. The largest absolute Gasteiger partial charge is 0.449 e. The molecular formula is C33H48F3NO6S. The second-order valence-electron chi connectivity index (χ2n) is 14.7. The molecule has 0 bridgehead atoms. The third-order valence-corrected chi connectivity index (χ3v) is 14.0. The van der Waals surface area contributed by atoms with Crippen molar-refractivity contribution in [2.75, 3.05) is 6.61 Å². The second-order valence-corrected chi connectivity index (χ2v) is 16.3. The van der Waals surface area contributed by atoms with Crippen LogP contribution in [0, 0.1) is 52.3 Å². The number of hydrogen-bond acceptors (Lipinski definition) is 6. The number of carbonyl (C=O) groups is 1. The lowest BCUT2D eigenvalue weighted by Gasteiger charge is -2.64. The molecule has 0 saturated heterocycles. The number of alkyl halides is 3. The Kier molecular flexibility index (Phi) is 9.19. The molecule has 4 aliphatic rings. The molecule has 1 aromatic carbocycles. The van der Waals surface area contributed by atoms with Gasteiger partial charge in [0.05, 0.1) is 29.3 Å². The van der Waals surface area contributed by atoms with Crippen LogP contribution in [0.25, 0.3) is 0 Å². The Morgan fingerprint density at radius 3 is 2.43 bits per heavy atom. The molecule has 0 spiro atoms. The quantitative estimate of drug-likeness (QED) is 0.302. The molecule has 0 aliphatic heterocycles. The molecule has 4 aliphatic carbocycles. The van der Waals surface area contributed by atoms with Crippen LogP contribution in [-0.2, 0) is 20.9 Å². The van der Waals surface area contributed by atoms with Gasteiger partial charge in [-0.15, -0.1) is 0 Å². The van der Waals surface area contributed by atoms with Gasteiger partial charge in [0.1, 0.15) is 0 Å². The van der Waals surface area contributed by atoms with E-state index in [-0.39, 0.29) is 47.4 Å². The molecular weight excluding hydrogens is 595 g/mol. The summed E-state index contributed by atoms with van der Waals surface area (Å²) in [7, 11) is -4.54. The molecule has 248 valence electrons. The van der Waals surface area contributed by atoms with Crippen molar-refractivity contribution < 1.29 is 41.3 Å². The van der Waals surface area contributed by atoms with Crippen molar-refractivity contribution in [2.24, 2.45) is 52.3 Å². The van der Waals surface area contributed by atoms with Crippen LogP contribution in [0.5, 0.6) is 0 Å². The van der Waals surface area contributed by atoms with Gasteiger partial charge in [-0.3, -0.25) is 0 Å². The maximum atomic E-state index is 13.0. The molecule has 3 N–H and O–H groups in total. The first-order valence-corrected chi connectivity index (χ1v) is 17.7. The van der Waals surface area contributed by atoms with Gasteiger partial charge in [-0.2, -0.15) is 13.2 Å².